The number of nitrogens with one attached hydrogen (secondary N) is 2. The minimum atomic E-state index is -0.866. The monoisotopic (exact) mass is 485 g/mol. The summed E-state index contributed by atoms with van der Waals surface area (Å²) in [4.78, 5) is 39.8. The zero-order valence-corrected chi connectivity index (χ0v) is 20.8. The Labute approximate surface area is 205 Å². The molecule has 8 heteroatoms. The molecule has 0 aromatic heterocycles. The predicted molar refractivity (Wildman–Crippen MR) is 132 cm³/mol. The molecule has 2 unspecified atom stereocenters. The van der Waals surface area contributed by atoms with Gasteiger partial charge in [0.15, 0.2) is 12.1 Å². The number of hydrogen-bond donors (Lipinski definition) is 2. The zero-order chi connectivity index (χ0) is 24.8. The lowest BCUT2D eigenvalue weighted by molar-refractivity contribution is -0.126. The zero-order valence-electron chi connectivity index (χ0n) is 20.0. The molecule has 0 radical (unpaired) electrons. The Morgan fingerprint density at radius 2 is 1.82 bits per heavy atom. The molecule has 2 N–H and O–H groups in total. The molecule has 0 saturated carbocycles. The van der Waals surface area contributed by atoms with E-state index in [0.717, 1.165) is 12.0 Å². The van der Waals surface area contributed by atoms with Crippen molar-refractivity contribution in [2.24, 2.45) is 11.8 Å². The van der Waals surface area contributed by atoms with E-state index in [1.54, 1.807) is 42.5 Å². The van der Waals surface area contributed by atoms with Crippen molar-refractivity contribution in [3.63, 3.8) is 0 Å². The van der Waals surface area contributed by atoms with Crippen LogP contribution in [0.1, 0.15) is 51.3 Å². The van der Waals surface area contributed by atoms with E-state index in [1.165, 1.54) is 4.90 Å². The fourth-order valence-electron chi connectivity index (χ4n) is 3.71. The van der Waals surface area contributed by atoms with Gasteiger partial charge in [-0.25, -0.2) is 4.79 Å². The second kappa shape index (κ2) is 11.4. The topological polar surface area (TPSA) is 87.7 Å². The maximum absolute atomic E-state index is 13.3. The van der Waals surface area contributed by atoms with Crippen LogP contribution in [0.3, 0.4) is 0 Å². The number of nitrogens with zero attached hydrogens (tertiary/aromatic N) is 1. The van der Waals surface area contributed by atoms with Crippen LogP contribution < -0.4 is 10.6 Å². The highest BCUT2D eigenvalue weighted by atomic mass is 35.5. The number of rotatable bonds is 9. The average Bonchev–Trinajstić information content (AvgIpc) is 3.09. The number of cyclic esters (lactones) is 1. The van der Waals surface area contributed by atoms with Gasteiger partial charge in [-0.15, -0.1) is 0 Å². The maximum Gasteiger partial charge on any atom is 0.411 e. The van der Waals surface area contributed by atoms with Gasteiger partial charge in [0.2, 0.25) is 11.8 Å². The summed E-state index contributed by atoms with van der Waals surface area (Å²) in [6.07, 6.45) is -0.574. The molecule has 1 aliphatic heterocycles. The molecule has 34 heavy (non-hydrogen) atoms. The molecule has 1 fully saturated rings. The molecule has 3 rings (SSSR count). The standard InChI is InChI=1S/C26H32ClN3O4/c1-16(2)11-12-28-25(32)22-23(19-8-6-10-21(14-19)29-24(31)17(3)4)34-26(33)30(22)15-18-7-5-9-20(27)13-18/h5-10,13-14,16-17,22-23H,11-12,15H2,1-4H3,(H,28,32)(H,29,31). The van der Waals surface area contributed by atoms with Crippen molar-refractivity contribution in [1.82, 2.24) is 10.2 Å². The average molecular weight is 486 g/mol. The quantitative estimate of drug-likeness (QED) is 0.513. The second-order valence-corrected chi connectivity index (χ2v) is 9.69. The van der Waals surface area contributed by atoms with Crippen molar-refractivity contribution in [1.29, 1.82) is 0 Å². The van der Waals surface area contributed by atoms with Crippen LogP contribution in [0, 0.1) is 11.8 Å². The summed E-state index contributed by atoms with van der Waals surface area (Å²) in [6, 6.07) is 13.4. The van der Waals surface area contributed by atoms with Crippen molar-refractivity contribution in [2.45, 2.75) is 52.8 Å². The number of ether oxygens (including phenoxy) is 1. The fourth-order valence-corrected chi connectivity index (χ4v) is 3.92. The minimum Gasteiger partial charge on any atom is -0.438 e. The van der Waals surface area contributed by atoms with Gasteiger partial charge >= 0.3 is 6.09 Å². The minimum absolute atomic E-state index is 0.119. The molecule has 2 aromatic rings. The number of anilines is 1. The Morgan fingerprint density at radius 3 is 2.50 bits per heavy atom. The van der Waals surface area contributed by atoms with Crippen LogP contribution in [0.4, 0.5) is 10.5 Å². The first kappa shape index (κ1) is 25.6. The summed E-state index contributed by atoms with van der Waals surface area (Å²) in [5, 5.41) is 6.36. The number of halogens is 1. The van der Waals surface area contributed by atoms with Crippen molar-refractivity contribution in [3.8, 4) is 0 Å². The van der Waals surface area contributed by atoms with Crippen LogP contribution in [-0.2, 0) is 20.9 Å². The van der Waals surface area contributed by atoms with E-state index < -0.39 is 18.2 Å². The van der Waals surface area contributed by atoms with Crippen LogP contribution in [0.5, 0.6) is 0 Å². The Morgan fingerprint density at radius 1 is 1.09 bits per heavy atom. The molecular formula is C26H32ClN3O4. The van der Waals surface area contributed by atoms with E-state index in [9.17, 15) is 14.4 Å². The van der Waals surface area contributed by atoms with E-state index >= 15 is 0 Å². The molecule has 7 nitrogen and oxygen atoms in total. The summed E-state index contributed by atoms with van der Waals surface area (Å²) in [5.74, 6) is -0.150. The molecule has 1 saturated heterocycles. The number of carbonyl (C=O) groups is 3. The van der Waals surface area contributed by atoms with Crippen LogP contribution >= 0.6 is 11.6 Å². The summed E-state index contributed by atoms with van der Waals surface area (Å²) >= 11 is 6.12. The molecule has 1 heterocycles. The lowest BCUT2D eigenvalue weighted by Crippen LogP contribution is -2.46. The summed E-state index contributed by atoms with van der Waals surface area (Å²) in [5.41, 5.74) is 2.01. The Bertz CT molecular complexity index is 1040. The Kier molecular flexibility index (Phi) is 8.56. The molecular weight excluding hydrogens is 454 g/mol. The predicted octanol–water partition coefficient (Wildman–Crippen LogP) is 5.16. The molecule has 0 spiro atoms. The van der Waals surface area contributed by atoms with Gasteiger partial charge in [0.05, 0.1) is 6.54 Å². The van der Waals surface area contributed by atoms with Gasteiger partial charge in [0.1, 0.15) is 0 Å². The third-order valence-electron chi connectivity index (χ3n) is 5.62. The summed E-state index contributed by atoms with van der Waals surface area (Å²) in [7, 11) is 0. The number of benzene rings is 2. The van der Waals surface area contributed by atoms with E-state index in [0.29, 0.717) is 28.7 Å². The third kappa shape index (κ3) is 6.50. The number of amides is 3. The van der Waals surface area contributed by atoms with Crippen molar-refractivity contribution >= 4 is 35.2 Å². The molecule has 182 valence electrons. The largest absolute Gasteiger partial charge is 0.438 e. The van der Waals surface area contributed by atoms with Crippen LogP contribution in [0.25, 0.3) is 0 Å². The molecule has 3 amide bonds. The smallest absolute Gasteiger partial charge is 0.411 e. The highest BCUT2D eigenvalue weighted by Gasteiger charge is 2.47. The first-order chi connectivity index (χ1) is 16.2. The van der Waals surface area contributed by atoms with Crippen LogP contribution in [0.15, 0.2) is 48.5 Å². The lowest BCUT2D eigenvalue weighted by atomic mass is 9.99. The third-order valence-corrected chi connectivity index (χ3v) is 5.86. The summed E-state index contributed by atoms with van der Waals surface area (Å²) in [6.45, 7) is 8.47. The van der Waals surface area contributed by atoms with Crippen molar-refractivity contribution < 1.29 is 19.1 Å². The fraction of sp³-hybridized carbons (Fsp3) is 0.423. The van der Waals surface area contributed by atoms with E-state index in [-0.39, 0.29) is 24.3 Å². The Balaban J connectivity index is 1.89. The van der Waals surface area contributed by atoms with Gasteiger partial charge in [-0.1, -0.05) is 63.6 Å². The SMILES string of the molecule is CC(C)CCNC(=O)C1C(c2cccc(NC(=O)C(C)C)c2)OC(=O)N1Cc1cccc(Cl)c1. The van der Waals surface area contributed by atoms with E-state index in [4.69, 9.17) is 16.3 Å². The number of carbonyl (C=O) groups excluding carboxylic acids is 3. The van der Waals surface area contributed by atoms with E-state index in [2.05, 4.69) is 24.5 Å². The molecule has 1 aliphatic rings. The first-order valence-electron chi connectivity index (χ1n) is 11.6. The normalized spacial score (nSPS) is 17.7. The number of hydrogen-bond acceptors (Lipinski definition) is 4. The van der Waals surface area contributed by atoms with Gasteiger partial charge in [0, 0.05) is 23.2 Å². The van der Waals surface area contributed by atoms with Gasteiger partial charge < -0.3 is 15.4 Å². The highest BCUT2D eigenvalue weighted by Crippen LogP contribution is 2.35. The highest BCUT2D eigenvalue weighted by molar-refractivity contribution is 6.30. The molecule has 2 atom stereocenters. The van der Waals surface area contributed by atoms with Crippen molar-refractivity contribution in [2.75, 3.05) is 11.9 Å². The van der Waals surface area contributed by atoms with Gasteiger partial charge in [-0.05, 0) is 47.7 Å². The van der Waals surface area contributed by atoms with Crippen LogP contribution in [-0.4, -0.2) is 35.4 Å². The second-order valence-electron chi connectivity index (χ2n) is 9.25. The molecule has 2 aromatic carbocycles. The van der Waals surface area contributed by atoms with Gasteiger partial charge in [-0.2, -0.15) is 0 Å². The lowest BCUT2D eigenvalue weighted by Gasteiger charge is -2.24. The van der Waals surface area contributed by atoms with Gasteiger partial charge in [-0.3, -0.25) is 14.5 Å². The molecule has 0 aliphatic carbocycles. The molecule has 0 bridgehead atoms. The Hall–Kier alpha value is -3.06. The first-order valence-corrected chi connectivity index (χ1v) is 11.9. The van der Waals surface area contributed by atoms with E-state index in [1.807, 2.05) is 19.9 Å². The van der Waals surface area contributed by atoms with Crippen LogP contribution in [0.2, 0.25) is 5.02 Å². The van der Waals surface area contributed by atoms with Crippen molar-refractivity contribution in [3.05, 3.63) is 64.7 Å². The van der Waals surface area contributed by atoms with Gasteiger partial charge in [0.25, 0.3) is 0 Å². The maximum atomic E-state index is 13.3. The summed E-state index contributed by atoms with van der Waals surface area (Å²) < 4.78 is 5.71.